The number of alkyl halides is 3. The molecule has 1 aromatic heterocycles. The van der Waals surface area contributed by atoms with Crippen molar-refractivity contribution in [1.29, 1.82) is 0 Å². The van der Waals surface area contributed by atoms with Crippen LogP contribution in [0.5, 0.6) is 0 Å². The first-order valence-corrected chi connectivity index (χ1v) is 11.0. The Morgan fingerprint density at radius 2 is 1.79 bits per heavy atom. The van der Waals surface area contributed by atoms with Crippen molar-refractivity contribution < 1.29 is 18.0 Å². The number of aromatic nitrogens is 1. The van der Waals surface area contributed by atoms with E-state index >= 15 is 0 Å². The molecule has 2 atom stereocenters. The molecule has 1 aliphatic carbocycles. The van der Waals surface area contributed by atoms with Crippen molar-refractivity contribution in [2.75, 3.05) is 24.3 Å². The first-order chi connectivity index (χ1) is 15.7. The molecule has 1 heterocycles. The number of pyridine rings is 1. The van der Waals surface area contributed by atoms with E-state index < -0.39 is 11.9 Å². The molecule has 8 heteroatoms. The number of carbonyl (C=O) groups is 1. The average Bonchev–Trinajstić information content (AvgIpc) is 2.78. The number of para-hydroxylation sites is 1. The fourth-order valence-corrected chi connectivity index (χ4v) is 4.31. The quantitative estimate of drug-likeness (QED) is 0.534. The number of hydrogen-bond donors (Lipinski definition) is 2. The molecule has 1 unspecified atom stereocenters. The third-order valence-electron chi connectivity index (χ3n) is 6.00. The Kier molecular flexibility index (Phi) is 6.44. The molecule has 4 rings (SSSR count). The van der Waals surface area contributed by atoms with Gasteiger partial charge in [0.05, 0.1) is 5.52 Å². The van der Waals surface area contributed by atoms with E-state index in [0.29, 0.717) is 28.6 Å². The minimum absolute atomic E-state index is 0.0518. The molecule has 2 N–H and O–H groups in total. The molecular weight excluding hydrogens is 429 g/mol. The van der Waals surface area contributed by atoms with Gasteiger partial charge in [-0.25, -0.2) is 4.98 Å². The number of amides is 1. The minimum atomic E-state index is -4.52. The highest BCUT2D eigenvalue weighted by Gasteiger charge is 2.34. The van der Waals surface area contributed by atoms with Crippen LogP contribution in [0.3, 0.4) is 0 Å². The number of anilines is 2. The Bertz CT molecular complexity index is 1150. The van der Waals surface area contributed by atoms with Gasteiger partial charge < -0.3 is 15.5 Å². The summed E-state index contributed by atoms with van der Waals surface area (Å²) >= 11 is 0. The molecule has 3 aromatic rings. The van der Waals surface area contributed by atoms with Gasteiger partial charge in [0.15, 0.2) is 0 Å². The molecule has 0 radical (unpaired) electrons. The van der Waals surface area contributed by atoms with Crippen LogP contribution in [0.1, 0.15) is 41.7 Å². The van der Waals surface area contributed by atoms with E-state index in [4.69, 9.17) is 0 Å². The van der Waals surface area contributed by atoms with Gasteiger partial charge in [-0.3, -0.25) is 4.79 Å². The summed E-state index contributed by atoms with van der Waals surface area (Å²) in [6.45, 7) is 0. The van der Waals surface area contributed by atoms with E-state index in [9.17, 15) is 18.0 Å². The third kappa shape index (κ3) is 5.38. The van der Waals surface area contributed by atoms with E-state index in [-0.39, 0.29) is 18.0 Å². The predicted molar refractivity (Wildman–Crippen MR) is 125 cm³/mol. The highest BCUT2D eigenvalue weighted by molar-refractivity contribution is 5.95. The lowest BCUT2D eigenvalue weighted by atomic mass is 9.90. The number of carbonyl (C=O) groups excluding carboxylic acids is 1. The number of hydrogen-bond acceptors (Lipinski definition) is 4. The van der Waals surface area contributed by atoms with Gasteiger partial charge >= 0.3 is 6.18 Å². The maximum Gasteiger partial charge on any atom is 0.433 e. The SMILES string of the molecule is CN(C)c1cccc(C(=O)NC2CCC[C@H](Nc3cc(C(F)(F)F)nc4ccccc34)C2)c1. The normalized spacial score (nSPS) is 18.7. The van der Waals surface area contributed by atoms with Crippen molar-refractivity contribution in [2.24, 2.45) is 0 Å². The van der Waals surface area contributed by atoms with Crippen molar-refractivity contribution in [3.63, 3.8) is 0 Å². The summed E-state index contributed by atoms with van der Waals surface area (Å²) in [7, 11) is 3.84. The summed E-state index contributed by atoms with van der Waals surface area (Å²) in [6, 6.07) is 15.2. The zero-order chi connectivity index (χ0) is 23.6. The van der Waals surface area contributed by atoms with Gasteiger partial charge in [0.25, 0.3) is 5.91 Å². The predicted octanol–water partition coefficient (Wildman–Crippen LogP) is 5.47. The molecule has 5 nitrogen and oxygen atoms in total. The van der Waals surface area contributed by atoms with Crippen molar-refractivity contribution in [2.45, 2.75) is 43.9 Å². The first kappa shape index (κ1) is 22.9. The number of halogens is 3. The van der Waals surface area contributed by atoms with Gasteiger partial charge in [-0.15, -0.1) is 0 Å². The van der Waals surface area contributed by atoms with Gasteiger partial charge in [-0.2, -0.15) is 13.2 Å². The lowest BCUT2D eigenvalue weighted by Crippen LogP contribution is -2.41. The highest BCUT2D eigenvalue weighted by atomic mass is 19.4. The van der Waals surface area contributed by atoms with Crippen molar-refractivity contribution in [3.05, 3.63) is 65.9 Å². The molecule has 1 fully saturated rings. The molecular formula is C25H27F3N4O. The second kappa shape index (κ2) is 9.29. The van der Waals surface area contributed by atoms with Crippen molar-refractivity contribution >= 4 is 28.2 Å². The molecule has 0 spiro atoms. The van der Waals surface area contributed by atoms with Crippen LogP contribution in [-0.2, 0) is 6.18 Å². The van der Waals surface area contributed by atoms with Crippen LogP contribution in [0.25, 0.3) is 10.9 Å². The van der Waals surface area contributed by atoms with Gasteiger partial charge in [0.1, 0.15) is 5.69 Å². The highest BCUT2D eigenvalue weighted by Crippen LogP contribution is 2.34. The lowest BCUT2D eigenvalue weighted by molar-refractivity contribution is -0.140. The monoisotopic (exact) mass is 456 g/mol. The molecule has 0 aliphatic heterocycles. The molecule has 1 aliphatic rings. The van der Waals surface area contributed by atoms with Crippen LogP contribution in [0.2, 0.25) is 0 Å². The van der Waals surface area contributed by atoms with Crippen LogP contribution in [0, 0.1) is 0 Å². The van der Waals surface area contributed by atoms with E-state index in [1.807, 2.05) is 37.2 Å². The van der Waals surface area contributed by atoms with E-state index in [1.54, 1.807) is 30.3 Å². The van der Waals surface area contributed by atoms with Gasteiger partial charge in [-0.05, 0) is 56.0 Å². The van der Waals surface area contributed by atoms with Gasteiger partial charge in [-0.1, -0.05) is 24.3 Å². The molecule has 1 saturated carbocycles. The maximum absolute atomic E-state index is 13.4. The Hall–Kier alpha value is -3.29. The van der Waals surface area contributed by atoms with Crippen LogP contribution in [0.15, 0.2) is 54.6 Å². The van der Waals surface area contributed by atoms with Gasteiger partial charge in [0.2, 0.25) is 0 Å². The second-order valence-electron chi connectivity index (χ2n) is 8.69. The minimum Gasteiger partial charge on any atom is -0.382 e. The Morgan fingerprint density at radius 3 is 2.55 bits per heavy atom. The molecule has 174 valence electrons. The van der Waals surface area contributed by atoms with Crippen molar-refractivity contribution in [3.8, 4) is 0 Å². The summed E-state index contributed by atoms with van der Waals surface area (Å²) in [5, 5.41) is 7.06. The van der Waals surface area contributed by atoms with E-state index in [2.05, 4.69) is 15.6 Å². The average molecular weight is 457 g/mol. The lowest BCUT2D eigenvalue weighted by Gasteiger charge is -2.31. The van der Waals surface area contributed by atoms with Crippen LogP contribution in [-0.4, -0.2) is 37.1 Å². The topological polar surface area (TPSA) is 57.3 Å². The Labute approximate surface area is 191 Å². The zero-order valence-electron chi connectivity index (χ0n) is 18.6. The molecule has 33 heavy (non-hydrogen) atoms. The van der Waals surface area contributed by atoms with Crippen LogP contribution >= 0.6 is 0 Å². The number of nitrogens with one attached hydrogen (secondary N) is 2. The number of rotatable bonds is 5. The summed E-state index contributed by atoms with van der Waals surface area (Å²) in [5.74, 6) is -0.141. The largest absolute Gasteiger partial charge is 0.433 e. The number of fused-ring (bicyclic) bond motifs is 1. The molecule has 2 aromatic carbocycles. The summed E-state index contributed by atoms with van der Waals surface area (Å²) < 4.78 is 40.1. The maximum atomic E-state index is 13.4. The zero-order valence-corrected chi connectivity index (χ0v) is 18.6. The summed E-state index contributed by atoms with van der Waals surface area (Å²) in [5.41, 5.74) is 1.34. The second-order valence-corrected chi connectivity index (χ2v) is 8.69. The summed E-state index contributed by atoms with van der Waals surface area (Å²) in [6.07, 6.45) is -1.36. The molecule has 0 bridgehead atoms. The third-order valence-corrected chi connectivity index (χ3v) is 6.00. The molecule has 0 saturated heterocycles. The van der Waals surface area contributed by atoms with E-state index in [1.165, 1.54) is 0 Å². The van der Waals surface area contributed by atoms with Crippen LogP contribution in [0.4, 0.5) is 24.5 Å². The summed E-state index contributed by atoms with van der Waals surface area (Å²) in [4.78, 5) is 18.5. The van der Waals surface area contributed by atoms with Crippen molar-refractivity contribution in [1.82, 2.24) is 10.3 Å². The Morgan fingerprint density at radius 1 is 1.03 bits per heavy atom. The fourth-order valence-electron chi connectivity index (χ4n) is 4.31. The van der Waals surface area contributed by atoms with Gasteiger partial charge in [0, 0.05) is 48.5 Å². The first-order valence-electron chi connectivity index (χ1n) is 11.0. The number of nitrogens with zero attached hydrogens (tertiary/aromatic N) is 2. The standard InChI is InChI=1S/C25H27F3N4O/c1-32(2)19-10-5-7-16(13-19)24(33)30-18-9-6-8-17(14-18)29-22-15-23(25(26,27)28)31-21-12-4-3-11-20(21)22/h3-5,7,10-13,15,17-18H,6,8-9,14H2,1-2H3,(H,29,31)(H,30,33)/t17-,18?/m0/s1. The Balaban J connectivity index is 1.49. The smallest absolute Gasteiger partial charge is 0.382 e. The van der Waals surface area contributed by atoms with Crippen LogP contribution < -0.4 is 15.5 Å². The van der Waals surface area contributed by atoms with E-state index in [0.717, 1.165) is 31.0 Å². The fraction of sp³-hybridized carbons (Fsp3) is 0.360. The number of benzene rings is 2. The molecule has 1 amide bonds.